The van der Waals surface area contributed by atoms with Crippen molar-refractivity contribution in [2.75, 3.05) is 6.54 Å². The third-order valence-corrected chi connectivity index (χ3v) is 6.88. The van der Waals surface area contributed by atoms with E-state index in [0.29, 0.717) is 24.5 Å². The van der Waals surface area contributed by atoms with Crippen LogP contribution in [0, 0.1) is 5.92 Å². The zero-order chi connectivity index (χ0) is 25.6. The number of nitrogens with one attached hydrogen (secondary N) is 2. The second-order valence-electron chi connectivity index (χ2n) is 10.6. The standard InChI is InChI=1S/C26H38ClN3O5/c1-26(2,3)35-25(34)28-15-18-11-12-20(27)14-19(18)16-30-13-7-10-21(30)23(32)29-24(33)22(31)17-8-5-4-6-9-17/h11-12,14,17,21-22,31H,4-10,13,15-16H2,1-3H3,(H,28,34)(H,29,32,33)/t21-,22+/m0/s1. The third kappa shape index (κ3) is 8.19. The molecule has 35 heavy (non-hydrogen) atoms. The Bertz CT molecular complexity index is 911. The van der Waals surface area contributed by atoms with Crippen LogP contribution in [0.1, 0.15) is 76.8 Å². The van der Waals surface area contributed by atoms with Crippen molar-refractivity contribution in [3.05, 3.63) is 34.3 Å². The van der Waals surface area contributed by atoms with Crippen LogP contribution in [0.2, 0.25) is 5.02 Å². The molecule has 0 spiro atoms. The number of aliphatic hydroxyl groups is 1. The van der Waals surface area contributed by atoms with E-state index in [4.69, 9.17) is 16.3 Å². The summed E-state index contributed by atoms with van der Waals surface area (Å²) in [5.41, 5.74) is 1.17. The average Bonchev–Trinajstić information content (AvgIpc) is 3.25. The zero-order valence-electron chi connectivity index (χ0n) is 20.9. The highest BCUT2D eigenvalue weighted by Crippen LogP contribution is 2.27. The molecule has 1 saturated heterocycles. The first-order valence-electron chi connectivity index (χ1n) is 12.5. The largest absolute Gasteiger partial charge is 0.444 e. The van der Waals surface area contributed by atoms with E-state index in [9.17, 15) is 19.5 Å². The molecule has 1 heterocycles. The van der Waals surface area contributed by atoms with Crippen molar-refractivity contribution < 1.29 is 24.2 Å². The number of rotatable bonds is 7. The van der Waals surface area contributed by atoms with E-state index in [1.54, 1.807) is 26.8 Å². The van der Waals surface area contributed by atoms with Crippen molar-refractivity contribution in [2.45, 2.75) is 96.6 Å². The Morgan fingerprint density at radius 1 is 1.11 bits per heavy atom. The quantitative estimate of drug-likeness (QED) is 0.516. The van der Waals surface area contributed by atoms with Crippen LogP contribution in [-0.4, -0.2) is 52.2 Å². The van der Waals surface area contributed by atoms with Crippen LogP contribution in [0.3, 0.4) is 0 Å². The predicted molar refractivity (Wildman–Crippen MR) is 134 cm³/mol. The fourth-order valence-electron chi connectivity index (χ4n) is 4.87. The number of amides is 3. The smallest absolute Gasteiger partial charge is 0.407 e. The molecular formula is C26H38ClN3O5. The molecule has 3 amide bonds. The second kappa shape index (κ2) is 12.2. The number of hydrogen-bond donors (Lipinski definition) is 3. The van der Waals surface area contributed by atoms with Gasteiger partial charge >= 0.3 is 6.09 Å². The molecule has 8 nitrogen and oxygen atoms in total. The number of halogens is 1. The normalized spacial score (nSPS) is 20.3. The van der Waals surface area contributed by atoms with Gasteiger partial charge in [-0.1, -0.05) is 36.9 Å². The van der Waals surface area contributed by atoms with Gasteiger partial charge in [-0.25, -0.2) is 4.79 Å². The van der Waals surface area contributed by atoms with Crippen LogP contribution in [0.4, 0.5) is 4.79 Å². The number of alkyl carbamates (subject to hydrolysis) is 1. The number of carbonyl (C=O) groups is 3. The minimum Gasteiger partial charge on any atom is -0.444 e. The minimum atomic E-state index is -1.15. The SMILES string of the molecule is CC(C)(C)OC(=O)NCc1ccc(Cl)cc1CN1CCC[C@H]1C(=O)NC(=O)[C@H](O)C1CCCCC1. The van der Waals surface area contributed by atoms with Crippen molar-refractivity contribution in [1.82, 2.24) is 15.5 Å². The highest BCUT2D eigenvalue weighted by Gasteiger charge is 2.34. The average molecular weight is 508 g/mol. The van der Waals surface area contributed by atoms with Crippen molar-refractivity contribution in [1.29, 1.82) is 0 Å². The molecule has 1 aliphatic heterocycles. The van der Waals surface area contributed by atoms with E-state index in [1.807, 2.05) is 17.0 Å². The second-order valence-corrected chi connectivity index (χ2v) is 11.0. The number of benzene rings is 1. The molecule has 3 N–H and O–H groups in total. The molecule has 0 aromatic heterocycles. The lowest BCUT2D eigenvalue weighted by atomic mass is 9.85. The van der Waals surface area contributed by atoms with E-state index in [-0.39, 0.29) is 18.4 Å². The lowest BCUT2D eigenvalue weighted by molar-refractivity contribution is -0.140. The first-order valence-corrected chi connectivity index (χ1v) is 12.9. The van der Waals surface area contributed by atoms with Gasteiger partial charge in [0.2, 0.25) is 5.91 Å². The maximum absolute atomic E-state index is 13.0. The summed E-state index contributed by atoms with van der Waals surface area (Å²) < 4.78 is 5.31. The Morgan fingerprint density at radius 2 is 1.83 bits per heavy atom. The van der Waals surface area contributed by atoms with Crippen LogP contribution in [-0.2, 0) is 27.4 Å². The van der Waals surface area contributed by atoms with Gasteiger partial charge in [0.1, 0.15) is 11.7 Å². The summed E-state index contributed by atoms with van der Waals surface area (Å²) in [6, 6.07) is 4.97. The summed E-state index contributed by atoms with van der Waals surface area (Å²) >= 11 is 6.25. The number of nitrogens with zero attached hydrogens (tertiary/aromatic N) is 1. The summed E-state index contributed by atoms with van der Waals surface area (Å²) in [5, 5.41) is 16.2. The van der Waals surface area contributed by atoms with Gasteiger partial charge in [0.15, 0.2) is 0 Å². The monoisotopic (exact) mass is 507 g/mol. The first-order chi connectivity index (χ1) is 16.5. The van der Waals surface area contributed by atoms with Crippen molar-refractivity contribution in [3.8, 4) is 0 Å². The highest BCUT2D eigenvalue weighted by molar-refractivity contribution is 6.30. The van der Waals surface area contributed by atoms with Crippen molar-refractivity contribution >= 4 is 29.5 Å². The lowest BCUT2D eigenvalue weighted by Gasteiger charge is -2.27. The molecule has 0 radical (unpaired) electrons. The number of aliphatic hydroxyl groups excluding tert-OH is 1. The molecule has 2 fully saturated rings. The predicted octanol–water partition coefficient (Wildman–Crippen LogP) is 3.91. The van der Waals surface area contributed by atoms with Crippen LogP contribution < -0.4 is 10.6 Å². The van der Waals surface area contributed by atoms with Crippen molar-refractivity contribution in [3.63, 3.8) is 0 Å². The molecule has 0 bridgehead atoms. The Balaban J connectivity index is 1.61. The van der Waals surface area contributed by atoms with Gasteiger partial charge in [0, 0.05) is 18.1 Å². The molecule has 9 heteroatoms. The summed E-state index contributed by atoms with van der Waals surface area (Å²) in [6.07, 6.45) is 4.56. The van der Waals surface area contributed by atoms with Gasteiger partial charge in [0.25, 0.3) is 5.91 Å². The van der Waals surface area contributed by atoms with Gasteiger partial charge in [-0.3, -0.25) is 19.8 Å². The molecule has 2 aliphatic rings. The van der Waals surface area contributed by atoms with E-state index in [1.165, 1.54) is 0 Å². The molecule has 1 saturated carbocycles. The highest BCUT2D eigenvalue weighted by atomic mass is 35.5. The summed E-state index contributed by atoms with van der Waals surface area (Å²) in [6.45, 7) is 6.82. The van der Waals surface area contributed by atoms with Crippen LogP contribution in [0.25, 0.3) is 0 Å². The van der Waals surface area contributed by atoms with Gasteiger partial charge in [0.05, 0.1) is 6.04 Å². The summed E-state index contributed by atoms with van der Waals surface area (Å²) in [5.74, 6) is -1.06. The van der Waals surface area contributed by atoms with E-state index in [2.05, 4.69) is 10.6 Å². The first kappa shape index (κ1) is 27.4. The number of carbonyl (C=O) groups excluding carboxylic acids is 3. The number of hydrogen-bond acceptors (Lipinski definition) is 6. The van der Waals surface area contributed by atoms with Crippen molar-refractivity contribution in [2.24, 2.45) is 5.92 Å². The zero-order valence-corrected chi connectivity index (χ0v) is 21.7. The number of imide groups is 1. The van der Waals surface area contributed by atoms with E-state index < -0.39 is 29.7 Å². The maximum Gasteiger partial charge on any atom is 0.407 e. The number of likely N-dealkylation sites (tertiary alicyclic amines) is 1. The summed E-state index contributed by atoms with van der Waals surface area (Å²) in [4.78, 5) is 39.6. The minimum absolute atomic E-state index is 0.0808. The Hall–Kier alpha value is -2.16. The third-order valence-electron chi connectivity index (χ3n) is 6.64. The lowest BCUT2D eigenvalue weighted by Crippen LogP contribution is -2.49. The van der Waals surface area contributed by atoms with Crippen LogP contribution in [0.15, 0.2) is 18.2 Å². The molecular weight excluding hydrogens is 470 g/mol. The van der Waals surface area contributed by atoms with E-state index >= 15 is 0 Å². The number of ether oxygens (including phenoxy) is 1. The molecule has 0 unspecified atom stereocenters. The fourth-order valence-corrected chi connectivity index (χ4v) is 5.06. The Morgan fingerprint density at radius 3 is 2.51 bits per heavy atom. The van der Waals surface area contributed by atoms with Gasteiger partial charge in [-0.05, 0) is 82.2 Å². The molecule has 1 aliphatic carbocycles. The maximum atomic E-state index is 13.0. The van der Waals surface area contributed by atoms with E-state index in [0.717, 1.165) is 49.7 Å². The molecule has 3 rings (SSSR count). The molecule has 2 atom stereocenters. The van der Waals surface area contributed by atoms with Gasteiger partial charge < -0.3 is 15.2 Å². The van der Waals surface area contributed by atoms with Crippen LogP contribution >= 0.6 is 11.6 Å². The van der Waals surface area contributed by atoms with Gasteiger partial charge in [-0.2, -0.15) is 0 Å². The molecule has 1 aromatic rings. The summed E-state index contributed by atoms with van der Waals surface area (Å²) in [7, 11) is 0. The topological polar surface area (TPSA) is 108 Å². The fraction of sp³-hybridized carbons (Fsp3) is 0.654. The molecule has 1 aromatic carbocycles. The molecule has 194 valence electrons. The Kier molecular flexibility index (Phi) is 9.55. The van der Waals surface area contributed by atoms with Gasteiger partial charge in [-0.15, -0.1) is 0 Å². The van der Waals surface area contributed by atoms with Crippen LogP contribution in [0.5, 0.6) is 0 Å². The Labute approximate surface area is 212 Å².